The molecule has 96 valence electrons. The van der Waals surface area contributed by atoms with E-state index in [1.54, 1.807) is 13.8 Å². The van der Waals surface area contributed by atoms with Crippen LogP contribution in [0.3, 0.4) is 0 Å². The Morgan fingerprint density at radius 1 is 1.44 bits per heavy atom. The van der Waals surface area contributed by atoms with Crippen molar-refractivity contribution in [3.05, 3.63) is 17.6 Å². The Balaban J connectivity index is 3.11. The molecular weight excluding hydrogens is 234 g/mol. The van der Waals surface area contributed by atoms with Crippen LogP contribution in [-0.4, -0.2) is 29.2 Å². The van der Waals surface area contributed by atoms with Gasteiger partial charge in [0.1, 0.15) is 6.33 Å². The minimum atomic E-state index is -1.05. The summed E-state index contributed by atoms with van der Waals surface area (Å²) in [4.78, 5) is 19.6. The molecule has 1 unspecified atom stereocenters. The summed E-state index contributed by atoms with van der Waals surface area (Å²) in [5, 5.41) is 9.07. The summed E-state index contributed by atoms with van der Waals surface area (Å²) >= 11 is 0. The molecule has 0 amide bonds. The standard InChI is InChI=1S/C12H15N3O3/c1-4-17-11-8(3)10(14-7-15-11)9(6-13)12(16)18-5-2/h7,9H,4-5H2,1-3H3. The second kappa shape index (κ2) is 6.55. The number of hydrogen-bond donors (Lipinski definition) is 0. The van der Waals surface area contributed by atoms with Gasteiger partial charge in [0, 0.05) is 5.56 Å². The molecule has 1 aromatic heterocycles. The van der Waals surface area contributed by atoms with Crippen LogP contribution in [0.25, 0.3) is 0 Å². The van der Waals surface area contributed by atoms with E-state index in [9.17, 15) is 4.79 Å². The number of hydrogen-bond acceptors (Lipinski definition) is 6. The fourth-order valence-electron chi connectivity index (χ4n) is 1.47. The number of aromatic nitrogens is 2. The molecular formula is C12H15N3O3. The first-order chi connectivity index (χ1) is 8.65. The van der Waals surface area contributed by atoms with Crippen molar-refractivity contribution in [1.82, 2.24) is 9.97 Å². The van der Waals surface area contributed by atoms with Crippen molar-refractivity contribution < 1.29 is 14.3 Å². The summed E-state index contributed by atoms with van der Waals surface area (Å²) in [5.74, 6) is -1.27. The molecule has 0 aliphatic carbocycles. The Labute approximate surface area is 106 Å². The molecule has 6 heteroatoms. The number of ether oxygens (including phenoxy) is 2. The second-order valence-electron chi connectivity index (χ2n) is 3.44. The first kappa shape index (κ1) is 13.9. The van der Waals surface area contributed by atoms with Crippen LogP contribution in [-0.2, 0) is 9.53 Å². The zero-order valence-corrected chi connectivity index (χ0v) is 10.6. The minimum absolute atomic E-state index is 0.222. The summed E-state index contributed by atoms with van der Waals surface area (Å²) < 4.78 is 10.1. The predicted octanol–water partition coefficient (Wildman–Crippen LogP) is 1.35. The number of rotatable bonds is 5. The molecule has 6 nitrogen and oxygen atoms in total. The summed E-state index contributed by atoms with van der Waals surface area (Å²) in [6.45, 7) is 5.90. The number of nitrogens with zero attached hydrogens (tertiary/aromatic N) is 3. The van der Waals surface area contributed by atoms with Crippen LogP contribution in [0.2, 0.25) is 0 Å². The Hall–Kier alpha value is -2.16. The van der Waals surface area contributed by atoms with Crippen molar-refractivity contribution in [3.63, 3.8) is 0 Å². The molecule has 0 saturated heterocycles. The zero-order valence-electron chi connectivity index (χ0n) is 10.6. The van der Waals surface area contributed by atoms with Gasteiger partial charge in [-0.2, -0.15) is 5.26 Å². The maximum absolute atomic E-state index is 11.7. The maximum atomic E-state index is 11.7. The van der Waals surface area contributed by atoms with E-state index in [1.807, 2.05) is 13.0 Å². The molecule has 0 spiro atoms. The highest BCUT2D eigenvalue weighted by Gasteiger charge is 2.26. The number of carbonyl (C=O) groups excluding carboxylic acids is 1. The lowest BCUT2D eigenvalue weighted by Crippen LogP contribution is -2.17. The lowest BCUT2D eigenvalue weighted by molar-refractivity contribution is -0.143. The van der Waals surface area contributed by atoms with Crippen molar-refractivity contribution in [3.8, 4) is 11.9 Å². The minimum Gasteiger partial charge on any atom is -0.478 e. The van der Waals surface area contributed by atoms with Crippen LogP contribution in [0.1, 0.15) is 31.0 Å². The van der Waals surface area contributed by atoms with Crippen LogP contribution >= 0.6 is 0 Å². The van der Waals surface area contributed by atoms with Gasteiger partial charge in [0.2, 0.25) is 5.88 Å². The van der Waals surface area contributed by atoms with E-state index in [0.717, 1.165) is 0 Å². The molecule has 1 rings (SSSR count). The summed E-state index contributed by atoms with van der Waals surface area (Å²) in [6, 6.07) is 1.89. The second-order valence-corrected chi connectivity index (χ2v) is 3.44. The van der Waals surface area contributed by atoms with Crippen LogP contribution < -0.4 is 4.74 Å². The first-order valence-corrected chi connectivity index (χ1v) is 5.66. The van der Waals surface area contributed by atoms with Gasteiger partial charge < -0.3 is 9.47 Å². The Morgan fingerprint density at radius 3 is 2.72 bits per heavy atom. The normalized spacial score (nSPS) is 11.4. The van der Waals surface area contributed by atoms with Gasteiger partial charge in [-0.3, -0.25) is 4.79 Å². The molecule has 0 fully saturated rings. The van der Waals surface area contributed by atoms with Gasteiger partial charge in [0.15, 0.2) is 5.92 Å². The van der Waals surface area contributed by atoms with E-state index in [2.05, 4.69) is 9.97 Å². The van der Waals surface area contributed by atoms with Crippen molar-refractivity contribution in [2.24, 2.45) is 0 Å². The Morgan fingerprint density at radius 2 is 2.17 bits per heavy atom. The molecule has 18 heavy (non-hydrogen) atoms. The zero-order chi connectivity index (χ0) is 13.5. The van der Waals surface area contributed by atoms with E-state index in [1.165, 1.54) is 6.33 Å². The third kappa shape index (κ3) is 2.94. The highest BCUT2D eigenvalue weighted by atomic mass is 16.5. The highest BCUT2D eigenvalue weighted by molar-refractivity contribution is 5.81. The Kier molecular flexibility index (Phi) is 5.06. The molecule has 0 saturated carbocycles. The summed E-state index contributed by atoms with van der Waals surface area (Å²) in [6.07, 6.45) is 1.27. The molecule has 0 aliphatic heterocycles. The molecule has 1 heterocycles. The molecule has 1 aromatic rings. The summed E-state index contributed by atoms with van der Waals surface area (Å²) in [7, 11) is 0. The summed E-state index contributed by atoms with van der Waals surface area (Å²) in [5.41, 5.74) is 0.911. The fourth-order valence-corrected chi connectivity index (χ4v) is 1.47. The monoisotopic (exact) mass is 249 g/mol. The lowest BCUT2D eigenvalue weighted by atomic mass is 10.0. The predicted molar refractivity (Wildman–Crippen MR) is 62.9 cm³/mol. The van der Waals surface area contributed by atoms with Gasteiger partial charge in [-0.15, -0.1) is 0 Å². The van der Waals surface area contributed by atoms with Gasteiger partial charge in [0.05, 0.1) is 25.0 Å². The van der Waals surface area contributed by atoms with Crippen molar-refractivity contribution >= 4 is 5.97 Å². The number of carbonyl (C=O) groups is 1. The number of nitriles is 1. The molecule has 0 aliphatic rings. The average molecular weight is 249 g/mol. The smallest absolute Gasteiger partial charge is 0.329 e. The van der Waals surface area contributed by atoms with Gasteiger partial charge >= 0.3 is 5.97 Å². The van der Waals surface area contributed by atoms with E-state index in [0.29, 0.717) is 23.7 Å². The maximum Gasteiger partial charge on any atom is 0.329 e. The third-order valence-corrected chi connectivity index (χ3v) is 2.28. The van der Waals surface area contributed by atoms with Crippen LogP contribution in [0.4, 0.5) is 0 Å². The van der Waals surface area contributed by atoms with Gasteiger partial charge in [-0.05, 0) is 20.8 Å². The van der Waals surface area contributed by atoms with Crippen LogP contribution in [0, 0.1) is 18.3 Å². The van der Waals surface area contributed by atoms with Crippen molar-refractivity contribution in [2.75, 3.05) is 13.2 Å². The average Bonchev–Trinajstić information content (AvgIpc) is 2.35. The fraction of sp³-hybridized carbons (Fsp3) is 0.500. The van der Waals surface area contributed by atoms with Gasteiger partial charge in [-0.1, -0.05) is 0 Å². The van der Waals surface area contributed by atoms with Crippen LogP contribution in [0.5, 0.6) is 5.88 Å². The van der Waals surface area contributed by atoms with Gasteiger partial charge in [-0.25, -0.2) is 9.97 Å². The quantitative estimate of drug-likeness (QED) is 0.732. The molecule has 0 N–H and O–H groups in total. The molecule has 0 radical (unpaired) electrons. The van der Waals surface area contributed by atoms with Crippen molar-refractivity contribution in [1.29, 1.82) is 5.26 Å². The first-order valence-electron chi connectivity index (χ1n) is 5.66. The molecule has 0 aromatic carbocycles. The third-order valence-electron chi connectivity index (χ3n) is 2.28. The molecule has 0 bridgehead atoms. The van der Waals surface area contributed by atoms with Crippen LogP contribution in [0.15, 0.2) is 6.33 Å². The Bertz CT molecular complexity index is 468. The number of esters is 1. The van der Waals surface area contributed by atoms with E-state index in [4.69, 9.17) is 14.7 Å². The van der Waals surface area contributed by atoms with Crippen molar-refractivity contribution in [2.45, 2.75) is 26.7 Å². The largest absolute Gasteiger partial charge is 0.478 e. The van der Waals surface area contributed by atoms with E-state index >= 15 is 0 Å². The van der Waals surface area contributed by atoms with E-state index in [-0.39, 0.29) is 6.61 Å². The molecule has 1 atom stereocenters. The SMILES string of the molecule is CCOC(=O)C(C#N)c1ncnc(OCC)c1C. The lowest BCUT2D eigenvalue weighted by Gasteiger charge is -2.12. The van der Waals surface area contributed by atoms with E-state index < -0.39 is 11.9 Å². The van der Waals surface area contributed by atoms with Gasteiger partial charge in [0.25, 0.3) is 0 Å². The highest BCUT2D eigenvalue weighted by Crippen LogP contribution is 2.23. The topological polar surface area (TPSA) is 85.1 Å².